The van der Waals surface area contributed by atoms with Crippen molar-refractivity contribution in [2.45, 2.75) is 0 Å². The summed E-state index contributed by atoms with van der Waals surface area (Å²) in [6.45, 7) is 0. The van der Waals surface area contributed by atoms with Gasteiger partial charge in [0.25, 0.3) is 0 Å². The van der Waals surface area contributed by atoms with Crippen LogP contribution in [0.3, 0.4) is 0 Å². The van der Waals surface area contributed by atoms with Crippen molar-refractivity contribution < 1.29 is 4.55 Å². The predicted molar refractivity (Wildman–Crippen MR) is 37.9 cm³/mol. The molecule has 4 heteroatoms. The Hall–Kier alpha value is 1.14. The average molecular weight is 191 g/mol. The molecule has 0 rings (SSSR count). The monoisotopic (exact) mass is 190 g/mol. The zero-order chi connectivity index (χ0) is 5.15. The van der Waals surface area contributed by atoms with Crippen molar-refractivity contribution in [3.05, 3.63) is 0 Å². The predicted octanol–water partition coefficient (Wildman–Crippen LogP) is 1.22. The molecule has 0 amide bonds. The van der Waals surface area contributed by atoms with E-state index in [0.29, 0.717) is 0 Å². The van der Waals surface area contributed by atoms with E-state index in [-0.39, 0.29) is 9.93 Å². The van der Waals surface area contributed by atoms with E-state index in [9.17, 15) is 4.55 Å². The van der Waals surface area contributed by atoms with Gasteiger partial charge in [0.15, 0.2) is 0 Å². The average Bonchev–Trinajstić information content (AvgIpc) is 1.36. The minimum absolute atomic E-state index is 0.271. The van der Waals surface area contributed by atoms with Crippen molar-refractivity contribution in [3.8, 4) is 0 Å². The Morgan fingerprint density at radius 1 is 1.67 bits per heavy atom. The van der Waals surface area contributed by atoms with Gasteiger partial charge < -0.3 is 4.55 Å². The van der Waals surface area contributed by atoms with E-state index in [1.165, 1.54) is 0 Å². The van der Waals surface area contributed by atoms with E-state index in [0.717, 1.165) is 0 Å². The van der Waals surface area contributed by atoms with Gasteiger partial charge in [-0.2, -0.15) is 0 Å². The molecule has 0 N–H and O–H groups in total. The Balaban J connectivity index is 2.99. The summed E-state index contributed by atoms with van der Waals surface area (Å²) in [5, 5.41) is 0. The molecule has 0 bridgehead atoms. The SMILES string of the molecule is C[SH](C)[S+]([O-])Br. The summed E-state index contributed by atoms with van der Waals surface area (Å²) in [6.07, 6.45) is 3.92. The molecule has 6 heavy (non-hydrogen) atoms. The van der Waals surface area contributed by atoms with Gasteiger partial charge in [-0.1, -0.05) is 9.93 Å². The number of halogens is 1. The number of thiol groups is 1. The molecule has 1 atom stereocenters. The lowest BCUT2D eigenvalue weighted by molar-refractivity contribution is 0.623. The van der Waals surface area contributed by atoms with Gasteiger partial charge >= 0.3 is 0 Å². The Bertz CT molecular complexity index is 32.5. The molecule has 0 aromatic rings. The van der Waals surface area contributed by atoms with Gasteiger partial charge in [-0.3, -0.25) is 0 Å². The standard InChI is InChI=1S/C2H7BrOS2/c1-5(2)6(3)4/h5H,1-2H3. The fourth-order valence-electron chi connectivity index (χ4n) is 0. The fraction of sp³-hybridized carbons (Fsp3) is 1.00. The van der Waals surface area contributed by atoms with E-state index in [4.69, 9.17) is 0 Å². The van der Waals surface area contributed by atoms with Crippen LogP contribution in [-0.4, -0.2) is 17.1 Å². The molecule has 1 nitrogen and oxygen atoms in total. The summed E-state index contributed by atoms with van der Waals surface area (Å²) in [6, 6.07) is 0. The van der Waals surface area contributed by atoms with Crippen LogP contribution in [0.5, 0.6) is 0 Å². The summed E-state index contributed by atoms with van der Waals surface area (Å²) < 4.78 is 10.2. The minimum Gasteiger partial charge on any atom is -0.596 e. The highest BCUT2D eigenvalue weighted by Gasteiger charge is 1.98. The topological polar surface area (TPSA) is 23.1 Å². The van der Waals surface area contributed by atoms with Crippen LogP contribution in [0.2, 0.25) is 0 Å². The van der Waals surface area contributed by atoms with Gasteiger partial charge in [-0.25, -0.2) is 0 Å². The Labute approximate surface area is 50.6 Å². The van der Waals surface area contributed by atoms with Crippen molar-refractivity contribution in [1.29, 1.82) is 0 Å². The third-order valence-corrected chi connectivity index (χ3v) is 7.80. The summed E-state index contributed by atoms with van der Waals surface area (Å²) in [5.41, 5.74) is 0. The third-order valence-electron chi connectivity index (χ3n) is 0.287. The highest BCUT2D eigenvalue weighted by molar-refractivity contribution is 9.59. The molecule has 0 spiro atoms. The molecular formula is C2H7BrOS2. The molecule has 0 saturated heterocycles. The zero-order valence-electron chi connectivity index (χ0n) is 3.64. The van der Waals surface area contributed by atoms with Crippen LogP contribution in [0.25, 0.3) is 0 Å². The molecular weight excluding hydrogens is 184 g/mol. The van der Waals surface area contributed by atoms with Crippen molar-refractivity contribution in [2.24, 2.45) is 0 Å². The highest BCUT2D eigenvalue weighted by atomic mass is 79.9. The minimum atomic E-state index is -0.740. The quantitative estimate of drug-likeness (QED) is 0.376. The van der Waals surface area contributed by atoms with Crippen LogP contribution >= 0.6 is 24.7 Å². The molecule has 0 fully saturated rings. The Morgan fingerprint density at radius 3 is 1.83 bits per heavy atom. The molecule has 0 saturated carbocycles. The molecule has 0 aromatic heterocycles. The molecule has 40 valence electrons. The Morgan fingerprint density at radius 2 is 1.83 bits per heavy atom. The first-order chi connectivity index (χ1) is 2.64. The highest BCUT2D eigenvalue weighted by Crippen LogP contribution is 2.28. The van der Waals surface area contributed by atoms with E-state index in [2.05, 4.69) is 14.8 Å². The van der Waals surface area contributed by atoms with Crippen molar-refractivity contribution in [1.82, 2.24) is 0 Å². The van der Waals surface area contributed by atoms with E-state index in [1.807, 2.05) is 12.5 Å². The summed E-state index contributed by atoms with van der Waals surface area (Å²) in [7, 11) is -1.01. The maximum absolute atomic E-state index is 10.2. The second-order valence-corrected chi connectivity index (χ2v) is 9.51. The van der Waals surface area contributed by atoms with Gasteiger partial charge in [-0.15, -0.1) is 0 Å². The lowest BCUT2D eigenvalue weighted by Gasteiger charge is -2.05. The van der Waals surface area contributed by atoms with Gasteiger partial charge in [0.1, 0.15) is 0 Å². The number of rotatable bonds is 1. The lowest BCUT2D eigenvalue weighted by Crippen LogP contribution is -1.83. The van der Waals surface area contributed by atoms with Crippen molar-refractivity contribution in [3.63, 3.8) is 0 Å². The lowest BCUT2D eigenvalue weighted by atomic mass is 11.9. The van der Waals surface area contributed by atoms with Gasteiger partial charge in [0.05, 0.1) is 8.64 Å². The molecule has 1 unspecified atom stereocenters. The first-order valence-corrected chi connectivity index (χ1v) is 7.23. The zero-order valence-corrected chi connectivity index (χ0v) is 6.94. The van der Waals surface area contributed by atoms with Crippen LogP contribution < -0.4 is 0 Å². The smallest absolute Gasteiger partial charge is 0.243 e. The van der Waals surface area contributed by atoms with E-state index in [1.54, 1.807) is 0 Å². The van der Waals surface area contributed by atoms with Crippen LogP contribution in [0.15, 0.2) is 0 Å². The second kappa shape index (κ2) is 3.18. The molecule has 0 radical (unpaired) electrons. The maximum atomic E-state index is 10.2. The maximum Gasteiger partial charge on any atom is 0.243 e. The van der Waals surface area contributed by atoms with Crippen LogP contribution in [0, 0.1) is 0 Å². The van der Waals surface area contributed by atoms with Gasteiger partial charge in [0, 0.05) is 12.5 Å². The van der Waals surface area contributed by atoms with Crippen LogP contribution in [-0.2, 0) is 8.64 Å². The molecule has 0 aliphatic rings. The molecule has 0 aromatic carbocycles. The number of hydrogen-bond acceptors (Lipinski definition) is 1. The first-order valence-electron chi connectivity index (χ1n) is 1.40. The number of hydrogen-bond donors (Lipinski definition) is 1. The van der Waals surface area contributed by atoms with E-state index >= 15 is 0 Å². The van der Waals surface area contributed by atoms with Crippen LogP contribution in [0.4, 0.5) is 0 Å². The largest absolute Gasteiger partial charge is 0.596 e. The van der Waals surface area contributed by atoms with Crippen LogP contribution in [0.1, 0.15) is 0 Å². The van der Waals surface area contributed by atoms with Gasteiger partial charge in [-0.05, 0) is 0 Å². The third kappa shape index (κ3) is 3.33. The van der Waals surface area contributed by atoms with E-state index < -0.39 is 8.64 Å². The van der Waals surface area contributed by atoms with Crippen molar-refractivity contribution >= 4 is 33.4 Å². The van der Waals surface area contributed by atoms with Crippen molar-refractivity contribution in [2.75, 3.05) is 12.5 Å². The molecule has 0 aliphatic heterocycles. The fourth-order valence-corrected chi connectivity index (χ4v) is 0. The summed E-state index contributed by atoms with van der Waals surface area (Å²) in [4.78, 5) is 0. The van der Waals surface area contributed by atoms with Gasteiger partial charge in [0.2, 0.25) is 14.8 Å². The molecule has 0 heterocycles. The normalized spacial score (nSPS) is 17.0. The second-order valence-electron chi connectivity index (χ2n) is 1.02. The summed E-state index contributed by atoms with van der Waals surface area (Å²) in [5.74, 6) is 0. The first kappa shape index (κ1) is 7.14. The molecule has 0 aliphatic carbocycles. The Kier molecular flexibility index (Phi) is 3.79. The summed E-state index contributed by atoms with van der Waals surface area (Å²) >= 11 is 2.94.